The van der Waals surface area contributed by atoms with Crippen LogP contribution < -0.4 is 11.1 Å². The number of nitrogens with zero attached hydrogens (tertiary/aromatic N) is 1. The Hall–Kier alpha value is -0.460. The Morgan fingerprint density at radius 2 is 2.10 bits per heavy atom. The summed E-state index contributed by atoms with van der Waals surface area (Å²) in [5, 5.41) is 2.92. The van der Waals surface area contributed by atoms with Gasteiger partial charge in [-0.15, -0.1) is 24.2 Å². The van der Waals surface area contributed by atoms with Crippen LogP contribution in [0.1, 0.15) is 33.1 Å². The van der Waals surface area contributed by atoms with Gasteiger partial charge in [0, 0.05) is 24.3 Å². The molecule has 0 aromatic carbocycles. The summed E-state index contributed by atoms with van der Waals surface area (Å²) < 4.78 is 0. The van der Waals surface area contributed by atoms with Gasteiger partial charge in [0.1, 0.15) is 6.04 Å². The number of hydrogen-bond acceptors (Lipinski definition) is 4. The first-order valence-electron chi connectivity index (χ1n) is 7.46. The number of amides is 2. The van der Waals surface area contributed by atoms with Crippen molar-refractivity contribution in [2.75, 3.05) is 18.2 Å². The van der Waals surface area contributed by atoms with E-state index in [1.165, 1.54) is 12.8 Å². The lowest BCUT2D eigenvalue weighted by molar-refractivity contribution is -0.140. The molecule has 0 bridgehead atoms. The van der Waals surface area contributed by atoms with E-state index in [0.717, 1.165) is 6.42 Å². The van der Waals surface area contributed by atoms with Crippen molar-refractivity contribution >= 4 is 36.0 Å². The molecular weight excluding hydrogens is 310 g/mol. The number of nitrogens with one attached hydrogen (secondary N) is 1. The molecule has 1 aliphatic heterocycles. The zero-order chi connectivity index (χ0) is 14.7. The third-order valence-electron chi connectivity index (χ3n) is 4.24. The zero-order valence-electron chi connectivity index (χ0n) is 12.7. The summed E-state index contributed by atoms with van der Waals surface area (Å²) in [7, 11) is 0. The second-order valence-corrected chi connectivity index (χ2v) is 6.88. The Morgan fingerprint density at radius 3 is 2.67 bits per heavy atom. The van der Waals surface area contributed by atoms with Crippen LogP contribution in [-0.2, 0) is 9.59 Å². The summed E-state index contributed by atoms with van der Waals surface area (Å²) in [5.41, 5.74) is 5.99. The highest BCUT2D eigenvalue weighted by Gasteiger charge is 2.36. The molecule has 1 saturated heterocycles. The van der Waals surface area contributed by atoms with Crippen LogP contribution in [0.3, 0.4) is 0 Å². The summed E-state index contributed by atoms with van der Waals surface area (Å²) in [4.78, 5) is 26.2. The highest BCUT2D eigenvalue weighted by atomic mass is 35.5. The van der Waals surface area contributed by atoms with Gasteiger partial charge in [0.2, 0.25) is 11.8 Å². The number of halogens is 1. The minimum absolute atomic E-state index is 0. The van der Waals surface area contributed by atoms with E-state index in [-0.39, 0.29) is 42.2 Å². The van der Waals surface area contributed by atoms with Gasteiger partial charge in [0.15, 0.2) is 0 Å². The van der Waals surface area contributed by atoms with Gasteiger partial charge in [-0.05, 0) is 25.2 Å². The van der Waals surface area contributed by atoms with E-state index in [1.807, 2.05) is 13.8 Å². The molecule has 1 aliphatic carbocycles. The summed E-state index contributed by atoms with van der Waals surface area (Å²) in [6, 6.07) is -0.264. The first-order valence-corrected chi connectivity index (χ1v) is 8.61. The Balaban J connectivity index is 0.00000220. The monoisotopic (exact) mass is 335 g/mol. The third-order valence-corrected chi connectivity index (χ3v) is 5.25. The van der Waals surface area contributed by atoms with Crippen molar-refractivity contribution in [2.45, 2.75) is 45.2 Å². The Bertz CT molecular complexity index is 379. The number of hydrogen-bond donors (Lipinski definition) is 2. The van der Waals surface area contributed by atoms with Crippen LogP contribution in [0, 0.1) is 11.8 Å². The third kappa shape index (κ3) is 4.76. The molecule has 0 spiro atoms. The quantitative estimate of drug-likeness (QED) is 0.765. The number of nitrogens with two attached hydrogens (primary N) is 1. The number of thioether (sulfide) groups is 1. The smallest absolute Gasteiger partial charge is 0.243 e. The normalized spacial score (nSPS) is 24.1. The molecule has 0 radical (unpaired) electrons. The molecule has 2 aliphatic rings. The van der Waals surface area contributed by atoms with Crippen LogP contribution in [0.5, 0.6) is 0 Å². The van der Waals surface area contributed by atoms with Gasteiger partial charge in [-0.3, -0.25) is 9.59 Å². The minimum Gasteiger partial charge on any atom is -0.353 e. The number of rotatable bonds is 6. The van der Waals surface area contributed by atoms with E-state index >= 15 is 0 Å². The largest absolute Gasteiger partial charge is 0.353 e. The maximum absolute atomic E-state index is 12.3. The van der Waals surface area contributed by atoms with Crippen molar-refractivity contribution in [3.8, 4) is 0 Å². The summed E-state index contributed by atoms with van der Waals surface area (Å²) >= 11 is 1.64. The van der Waals surface area contributed by atoms with Gasteiger partial charge in [-0.1, -0.05) is 13.8 Å². The van der Waals surface area contributed by atoms with E-state index in [2.05, 4.69) is 5.32 Å². The molecule has 3 N–H and O–H groups in total. The lowest BCUT2D eigenvalue weighted by Gasteiger charge is -2.26. The van der Waals surface area contributed by atoms with Gasteiger partial charge >= 0.3 is 0 Å². The first kappa shape index (κ1) is 18.6. The highest BCUT2D eigenvalue weighted by molar-refractivity contribution is 7.99. The molecule has 122 valence electrons. The molecule has 1 heterocycles. The fourth-order valence-electron chi connectivity index (χ4n) is 2.36. The SMILES string of the molecule is CCC(C)C(=O)N1CSCC1C(=O)NCC(N)C1CC1.Cl. The molecule has 3 atom stereocenters. The van der Waals surface area contributed by atoms with Gasteiger partial charge in [-0.2, -0.15) is 0 Å². The Labute approximate surface area is 137 Å². The highest BCUT2D eigenvalue weighted by Crippen LogP contribution is 2.31. The molecule has 7 heteroatoms. The molecule has 0 aromatic rings. The van der Waals surface area contributed by atoms with Gasteiger partial charge in [0.05, 0.1) is 5.88 Å². The molecular formula is C14H26ClN3O2S. The van der Waals surface area contributed by atoms with Crippen LogP contribution in [-0.4, -0.2) is 47.0 Å². The minimum atomic E-state index is -0.326. The molecule has 5 nitrogen and oxygen atoms in total. The van der Waals surface area contributed by atoms with E-state index in [9.17, 15) is 9.59 Å². The molecule has 2 fully saturated rings. The maximum Gasteiger partial charge on any atom is 0.243 e. The zero-order valence-corrected chi connectivity index (χ0v) is 14.3. The molecule has 0 aromatic heterocycles. The van der Waals surface area contributed by atoms with Crippen molar-refractivity contribution in [3.05, 3.63) is 0 Å². The molecule has 2 rings (SSSR count). The fraction of sp³-hybridized carbons (Fsp3) is 0.857. The van der Waals surface area contributed by atoms with Gasteiger partial charge < -0.3 is 16.0 Å². The molecule has 3 unspecified atom stereocenters. The van der Waals surface area contributed by atoms with Crippen LogP contribution in [0.25, 0.3) is 0 Å². The van der Waals surface area contributed by atoms with Crippen LogP contribution in [0.15, 0.2) is 0 Å². The van der Waals surface area contributed by atoms with Gasteiger partial charge in [-0.25, -0.2) is 0 Å². The molecule has 21 heavy (non-hydrogen) atoms. The predicted octanol–water partition coefficient (Wildman–Crippen LogP) is 1.21. The second-order valence-electron chi connectivity index (χ2n) is 5.88. The number of carbonyl (C=O) groups excluding carboxylic acids is 2. The van der Waals surface area contributed by atoms with Gasteiger partial charge in [0.25, 0.3) is 0 Å². The van der Waals surface area contributed by atoms with E-state index < -0.39 is 0 Å². The predicted molar refractivity (Wildman–Crippen MR) is 88.4 cm³/mol. The van der Waals surface area contributed by atoms with Crippen molar-refractivity contribution < 1.29 is 9.59 Å². The van der Waals surface area contributed by atoms with E-state index in [1.54, 1.807) is 16.7 Å². The summed E-state index contributed by atoms with van der Waals surface area (Å²) in [6.45, 7) is 4.44. The van der Waals surface area contributed by atoms with Crippen LogP contribution in [0.2, 0.25) is 0 Å². The second kappa shape index (κ2) is 8.25. The number of carbonyl (C=O) groups is 2. The van der Waals surface area contributed by atoms with Crippen LogP contribution in [0.4, 0.5) is 0 Å². The van der Waals surface area contributed by atoms with Crippen LogP contribution >= 0.6 is 24.2 Å². The maximum atomic E-state index is 12.3. The molecule has 2 amide bonds. The standard InChI is InChI=1S/C14H25N3O2S.ClH/c1-3-9(2)14(19)17-8-20-7-12(17)13(18)16-6-11(15)10-4-5-10;/h9-12H,3-8,15H2,1-2H3,(H,16,18);1H. The molecule has 1 saturated carbocycles. The fourth-order valence-corrected chi connectivity index (χ4v) is 3.53. The van der Waals surface area contributed by atoms with Crippen molar-refractivity contribution in [2.24, 2.45) is 17.6 Å². The first-order chi connectivity index (χ1) is 9.54. The van der Waals surface area contributed by atoms with Crippen molar-refractivity contribution in [1.29, 1.82) is 0 Å². The Kier molecular flexibility index (Phi) is 7.30. The average molecular weight is 336 g/mol. The average Bonchev–Trinajstić information content (AvgIpc) is 3.19. The van der Waals surface area contributed by atoms with Crippen molar-refractivity contribution in [1.82, 2.24) is 10.2 Å². The summed E-state index contributed by atoms with van der Waals surface area (Å²) in [5.74, 6) is 1.90. The Morgan fingerprint density at radius 1 is 1.43 bits per heavy atom. The lowest BCUT2D eigenvalue weighted by Crippen LogP contribution is -2.50. The summed E-state index contributed by atoms with van der Waals surface area (Å²) in [6.07, 6.45) is 3.16. The van der Waals surface area contributed by atoms with Crippen molar-refractivity contribution in [3.63, 3.8) is 0 Å². The van der Waals surface area contributed by atoms with E-state index in [0.29, 0.717) is 24.1 Å². The lowest BCUT2D eigenvalue weighted by atomic mass is 10.1. The van der Waals surface area contributed by atoms with E-state index in [4.69, 9.17) is 5.73 Å². The topological polar surface area (TPSA) is 75.4 Å².